The summed E-state index contributed by atoms with van der Waals surface area (Å²) in [6.07, 6.45) is 0. The van der Waals surface area contributed by atoms with E-state index in [0.29, 0.717) is 0 Å². The summed E-state index contributed by atoms with van der Waals surface area (Å²) in [6, 6.07) is 15.2. The van der Waals surface area contributed by atoms with Gasteiger partial charge in [0.25, 0.3) is 0 Å². The molecule has 0 bridgehead atoms. The lowest BCUT2D eigenvalue weighted by Crippen LogP contribution is -2.51. The summed E-state index contributed by atoms with van der Waals surface area (Å²) in [4.78, 5) is 3.73. The van der Waals surface area contributed by atoms with Gasteiger partial charge in [-0.1, -0.05) is 49.0 Å². The molecule has 17 heavy (non-hydrogen) atoms. The van der Waals surface area contributed by atoms with E-state index in [-0.39, 0.29) is 5.54 Å². The average molecular weight is 242 g/mol. The Hall–Kier alpha value is -1.12. The van der Waals surface area contributed by atoms with Gasteiger partial charge in [-0.3, -0.25) is 0 Å². The van der Waals surface area contributed by atoms with Crippen LogP contribution in [0.1, 0.15) is 20.8 Å². The number of rotatable bonds is 2. The predicted octanol–water partition coefficient (Wildman–Crippen LogP) is 3.06. The van der Waals surface area contributed by atoms with Crippen LogP contribution in [0.4, 0.5) is 0 Å². The highest BCUT2D eigenvalue weighted by atomic mass is 28.3. The molecule has 0 aromatic heterocycles. The van der Waals surface area contributed by atoms with Crippen molar-refractivity contribution in [1.29, 1.82) is 0 Å². The van der Waals surface area contributed by atoms with Gasteiger partial charge in [0, 0.05) is 5.54 Å². The lowest BCUT2D eigenvalue weighted by Gasteiger charge is -2.25. The van der Waals surface area contributed by atoms with Crippen LogP contribution >= 0.6 is 0 Å². The van der Waals surface area contributed by atoms with Crippen molar-refractivity contribution in [1.82, 2.24) is 4.98 Å². The first kappa shape index (κ1) is 12.3. The molecule has 1 radical (unpaired) electrons. The van der Waals surface area contributed by atoms with Crippen molar-refractivity contribution in [2.75, 3.05) is 0 Å². The first-order valence-corrected chi connectivity index (χ1v) is 8.07. The molecule has 0 saturated carbocycles. The van der Waals surface area contributed by atoms with Crippen molar-refractivity contribution in [3.8, 4) is 0 Å². The summed E-state index contributed by atoms with van der Waals surface area (Å²) < 4.78 is 0. The van der Waals surface area contributed by atoms with E-state index in [1.54, 1.807) is 0 Å². The van der Waals surface area contributed by atoms with Crippen molar-refractivity contribution in [2.24, 2.45) is 0 Å². The number of nitrogens with one attached hydrogen (secondary N) is 1. The zero-order valence-corrected chi connectivity index (χ0v) is 12.0. The second-order valence-corrected chi connectivity index (χ2v) is 7.57. The van der Waals surface area contributed by atoms with Crippen molar-refractivity contribution in [3.05, 3.63) is 42.5 Å². The van der Waals surface area contributed by atoms with Crippen LogP contribution in [0.2, 0.25) is 6.55 Å². The average Bonchev–Trinajstić information content (AvgIpc) is 2.26. The largest absolute Gasteiger partial charge is 0.330 e. The van der Waals surface area contributed by atoms with Gasteiger partial charge in [-0.15, -0.1) is 0 Å². The van der Waals surface area contributed by atoms with Gasteiger partial charge in [0.05, 0.1) is 0 Å². The monoisotopic (exact) mass is 242 g/mol. The quantitative estimate of drug-likeness (QED) is 0.798. The fraction of sp³-hybridized carbons (Fsp3) is 0.333. The van der Waals surface area contributed by atoms with Crippen LogP contribution in [0, 0.1) is 0 Å². The number of benzene rings is 2. The highest BCUT2D eigenvalue weighted by Gasteiger charge is 2.18. The molecule has 1 nitrogen and oxygen atoms in total. The molecule has 0 aliphatic carbocycles. The van der Waals surface area contributed by atoms with Crippen molar-refractivity contribution in [3.63, 3.8) is 0 Å². The van der Waals surface area contributed by atoms with Crippen molar-refractivity contribution in [2.45, 2.75) is 32.9 Å². The highest BCUT2D eigenvalue weighted by molar-refractivity contribution is 6.72. The summed E-state index contributed by atoms with van der Waals surface area (Å²) in [6.45, 7) is 9.02. The van der Waals surface area contributed by atoms with Crippen LogP contribution in [-0.4, -0.2) is 14.5 Å². The highest BCUT2D eigenvalue weighted by Crippen LogP contribution is 2.12. The van der Waals surface area contributed by atoms with Crippen LogP contribution < -0.4 is 10.2 Å². The Morgan fingerprint density at radius 2 is 1.59 bits per heavy atom. The minimum Gasteiger partial charge on any atom is -0.330 e. The maximum Gasteiger partial charge on any atom is 0.167 e. The molecule has 0 saturated heterocycles. The topological polar surface area (TPSA) is 12.0 Å². The van der Waals surface area contributed by atoms with E-state index in [1.165, 1.54) is 16.0 Å². The van der Waals surface area contributed by atoms with E-state index in [9.17, 15) is 0 Å². The van der Waals surface area contributed by atoms with E-state index in [1.807, 2.05) is 0 Å². The van der Waals surface area contributed by atoms with Gasteiger partial charge in [0.1, 0.15) is 0 Å². The second-order valence-electron chi connectivity index (χ2n) is 5.53. The van der Waals surface area contributed by atoms with E-state index >= 15 is 0 Å². The summed E-state index contributed by atoms with van der Waals surface area (Å²) >= 11 is 0. The lowest BCUT2D eigenvalue weighted by molar-refractivity contribution is 0.521. The van der Waals surface area contributed by atoms with Gasteiger partial charge in [0.15, 0.2) is 8.96 Å². The van der Waals surface area contributed by atoms with Gasteiger partial charge in [0.2, 0.25) is 0 Å². The molecule has 0 aliphatic heterocycles. The molecule has 2 aromatic carbocycles. The zero-order valence-electron chi connectivity index (χ0n) is 11.0. The molecule has 0 atom stereocenters. The molecule has 1 N–H and O–H groups in total. The Kier molecular flexibility index (Phi) is 3.36. The van der Waals surface area contributed by atoms with E-state index in [2.05, 4.69) is 74.8 Å². The number of hydrogen-bond donors (Lipinski definition) is 1. The molecular weight excluding hydrogens is 222 g/mol. The minimum atomic E-state index is -0.700. The van der Waals surface area contributed by atoms with Crippen LogP contribution in [0.25, 0.3) is 10.8 Å². The third-order valence-corrected chi connectivity index (χ3v) is 5.13. The summed E-state index contributed by atoms with van der Waals surface area (Å²) in [5.74, 6) is 0. The van der Waals surface area contributed by atoms with Crippen LogP contribution in [0.15, 0.2) is 42.5 Å². The molecule has 0 fully saturated rings. The Morgan fingerprint density at radius 1 is 0.941 bits per heavy atom. The Morgan fingerprint density at radius 3 is 2.29 bits per heavy atom. The van der Waals surface area contributed by atoms with Gasteiger partial charge in [-0.05, 0) is 36.7 Å². The maximum absolute atomic E-state index is 3.73. The fourth-order valence-electron chi connectivity index (χ4n) is 2.18. The molecule has 0 spiro atoms. The fourth-order valence-corrected chi connectivity index (χ4v) is 4.42. The van der Waals surface area contributed by atoms with Crippen LogP contribution in [0.3, 0.4) is 0 Å². The molecule has 2 rings (SSSR count). The molecule has 89 valence electrons. The lowest BCUT2D eigenvalue weighted by atomic mass is 10.1. The summed E-state index contributed by atoms with van der Waals surface area (Å²) in [7, 11) is -0.700. The van der Waals surface area contributed by atoms with Gasteiger partial charge in [-0.25, -0.2) is 0 Å². The van der Waals surface area contributed by atoms with Gasteiger partial charge in [-0.2, -0.15) is 0 Å². The Balaban J connectivity index is 2.41. The number of fused-ring (bicyclic) bond motifs is 1. The number of hydrogen-bond acceptors (Lipinski definition) is 1. The third kappa shape index (κ3) is 2.96. The molecule has 2 heteroatoms. The molecule has 0 heterocycles. The van der Waals surface area contributed by atoms with Crippen molar-refractivity contribution < 1.29 is 0 Å². The normalized spacial score (nSPS) is 12.3. The van der Waals surface area contributed by atoms with Gasteiger partial charge >= 0.3 is 0 Å². The second kappa shape index (κ2) is 4.63. The standard InChI is InChI=1S/C15H20NSi/c1-15(2,3)16-17(4)14-11-7-9-12-8-5-6-10-13(12)14/h5-11,16H,1-4H3. The van der Waals surface area contributed by atoms with E-state index < -0.39 is 8.96 Å². The Labute approximate surface area is 106 Å². The van der Waals surface area contributed by atoms with E-state index in [0.717, 1.165) is 0 Å². The molecule has 0 aliphatic rings. The molecule has 0 unspecified atom stereocenters. The van der Waals surface area contributed by atoms with Crippen molar-refractivity contribution >= 4 is 24.9 Å². The first-order valence-electron chi connectivity index (χ1n) is 6.07. The molecule has 2 aromatic rings. The Bertz CT molecular complexity index is 508. The summed E-state index contributed by atoms with van der Waals surface area (Å²) in [5, 5.41) is 4.20. The van der Waals surface area contributed by atoms with Gasteiger partial charge < -0.3 is 4.98 Å². The van der Waals surface area contributed by atoms with Crippen LogP contribution in [0.5, 0.6) is 0 Å². The maximum atomic E-state index is 3.73. The predicted molar refractivity (Wildman–Crippen MR) is 78.1 cm³/mol. The third-order valence-electron chi connectivity index (χ3n) is 2.76. The minimum absolute atomic E-state index is 0.181. The van der Waals surface area contributed by atoms with Crippen LogP contribution in [-0.2, 0) is 0 Å². The zero-order chi connectivity index (χ0) is 12.5. The smallest absolute Gasteiger partial charge is 0.167 e. The summed E-state index contributed by atoms with van der Waals surface area (Å²) in [5.41, 5.74) is 0.181. The first-order chi connectivity index (χ1) is 7.97. The van der Waals surface area contributed by atoms with E-state index in [4.69, 9.17) is 0 Å². The molecular formula is C15H20NSi. The molecule has 0 amide bonds. The SMILES string of the molecule is C[Si](NC(C)(C)C)c1cccc2ccccc12.